The summed E-state index contributed by atoms with van der Waals surface area (Å²) in [6.07, 6.45) is 0. The first-order chi connectivity index (χ1) is 12.6. The lowest BCUT2D eigenvalue weighted by molar-refractivity contribution is 0.288. The Hall–Kier alpha value is -2.86. The first-order valence-corrected chi connectivity index (χ1v) is 8.76. The van der Waals surface area contributed by atoms with Gasteiger partial charge in [-0.3, -0.25) is 5.10 Å². The van der Waals surface area contributed by atoms with Gasteiger partial charge < -0.3 is 15.2 Å². The average Bonchev–Trinajstić information content (AvgIpc) is 3.14. The Balaban J connectivity index is 1.87. The second-order valence-electron chi connectivity index (χ2n) is 5.96. The van der Waals surface area contributed by atoms with Crippen molar-refractivity contribution in [2.24, 2.45) is 5.73 Å². The number of aromatic amines is 1. The molecule has 0 aliphatic carbocycles. The molecule has 0 aliphatic heterocycles. The van der Waals surface area contributed by atoms with Gasteiger partial charge in [-0.05, 0) is 44.5 Å². The van der Waals surface area contributed by atoms with Crippen LogP contribution in [-0.2, 0) is 0 Å². The largest absolute Gasteiger partial charge is 0.490 e. The van der Waals surface area contributed by atoms with E-state index in [2.05, 4.69) is 15.2 Å². The van der Waals surface area contributed by atoms with Gasteiger partial charge in [0.25, 0.3) is 0 Å². The van der Waals surface area contributed by atoms with Crippen LogP contribution in [0.25, 0.3) is 11.4 Å². The molecule has 0 spiro atoms. The number of nitrogens with two attached hydrogens (primary N) is 1. The first-order valence-electron chi connectivity index (χ1n) is 8.76. The number of hydrogen-bond acceptors (Lipinski definition) is 5. The zero-order chi connectivity index (χ0) is 18.5. The lowest BCUT2D eigenvalue weighted by Gasteiger charge is -2.11. The Labute approximate surface area is 153 Å². The van der Waals surface area contributed by atoms with Crippen LogP contribution in [0.3, 0.4) is 0 Å². The maximum atomic E-state index is 6.32. The molecular weight excluding hydrogens is 328 g/mol. The highest BCUT2D eigenvalue weighted by Crippen LogP contribution is 2.32. The molecule has 1 heterocycles. The van der Waals surface area contributed by atoms with Crippen LogP contribution in [0.4, 0.5) is 0 Å². The monoisotopic (exact) mass is 352 g/mol. The minimum absolute atomic E-state index is 0.356. The zero-order valence-corrected chi connectivity index (χ0v) is 15.3. The Morgan fingerprint density at radius 2 is 1.69 bits per heavy atom. The third kappa shape index (κ3) is 3.86. The number of aromatic nitrogens is 3. The van der Waals surface area contributed by atoms with Crippen molar-refractivity contribution in [2.45, 2.75) is 26.8 Å². The van der Waals surface area contributed by atoms with E-state index in [1.54, 1.807) is 0 Å². The summed E-state index contributed by atoms with van der Waals surface area (Å²) in [4.78, 5) is 4.57. The lowest BCUT2D eigenvalue weighted by Crippen LogP contribution is -2.13. The molecule has 26 heavy (non-hydrogen) atoms. The molecule has 3 aromatic rings. The second kappa shape index (κ2) is 8.01. The van der Waals surface area contributed by atoms with Crippen molar-refractivity contribution in [2.75, 3.05) is 13.2 Å². The number of ether oxygens (including phenoxy) is 2. The molecule has 1 aromatic heterocycles. The highest BCUT2D eigenvalue weighted by atomic mass is 16.5. The molecule has 2 aromatic carbocycles. The average molecular weight is 352 g/mol. The van der Waals surface area contributed by atoms with Gasteiger partial charge in [0.15, 0.2) is 17.3 Å². The molecule has 0 aliphatic rings. The van der Waals surface area contributed by atoms with Crippen LogP contribution in [0.5, 0.6) is 11.5 Å². The summed E-state index contributed by atoms with van der Waals surface area (Å²) < 4.78 is 11.3. The fourth-order valence-electron chi connectivity index (χ4n) is 2.66. The van der Waals surface area contributed by atoms with Crippen molar-refractivity contribution in [3.05, 3.63) is 59.4 Å². The van der Waals surface area contributed by atoms with Crippen molar-refractivity contribution < 1.29 is 9.47 Å². The summed E-state index contributed by atoms with van der Waals surface area (Å²) in [7, 11) is 0. The first kappa shape index (κ1) is 17.9. The standard InChI is InChI=1S/C20H24N4O2/c1-4-25-16-11-10-15(12-17(16)26-5-2)19-22-20(24-23-19)18(21)14-8-6-13(3)7-9-14/h6-12,18H,4-5,21H2,1-3H3,(H,22,23,24)/t18-/m1/s1. The van der Waals surface area contributed by atoms with Gasteiger partial charge in [0.2, 0.25) is 0 Å². The molecule has 136 valence electrons. The van der Waals surface area contributed by atoms with Gasteiger partial charge in [0.1, 0.15) is 5.82 Å². The van der Waals surface area contributed by atoms with E-state index in [9.17, 15) is 0 Å². The number of rotatable bonds is 7. The predicted molar refractivity (Wildman–Crippen MR) is 101 cm³/mol. The molecule has 0 saturated carbocycles. The van der Waals surface area contributed by atoms with Crippen molar-refractivity contribution >= 4 is 0 Å². The van der Waals surface area contributed by atoms with E-state index < -0.39 is 0 Å². The predicted octanol–water partition coefficient (Wildman–Crippen LogP) is 3.63. The van der Waals surface area contributed by atoms with Gasteiger partial charge in [0.05, 0.1) is 19.3 Å². The van der Waals surface area contributed by atoms with Crippen molar-refractivity contribution in [3.8, 4) is 22.9 Å². The van der Waals surface area contributed by atoms with Crippen LogP contribution in [0.2, 0.25) is 0 Å². The summed E-state index contributed by atoms with van der Waals surface area (Å²) in [6.45, 7) is 7.06. The molecule has 6 nitrogen and oxygen atoms in total. The topological polar surface area (TPSA) is 86.0 Å². The van der Waals surface area contributed by atoms with Gasteiger partial charge in [0, 0.05) is 5.56 Å². The normalized spacial score (nSPS) is 12.0. The van der Waals surface area contributed by atoms with Crippen molar-refractivity contribution in [1.29, 1.82) is 0 Å². The van der Waals surface area contributed by atoms with Gasteiger partial charge in [-0.15, -0.1) is 0 Å². The molecule has 0 saturated heterocycles. The Morgan fingerprint density at radius 1 is 1.00 bits per heavy atom. The minimum Gasteiger partial charge on any atom is -0.490 e. The molecule has 0 amide bonds. The smallest absolute Gasteiger partial charge is 0.181 e. The Morgan fingerprint density at radius 3 is 2.38 bits per heavy atom. The van der Waals surface area contributed by atoms with Gasteiger partial charge in [-0.25, -0.2) is 4.98 Å². The van der Waals surface area contributed by atoms with Crippen LogP contribution in [0, 0.1) is 6.92 Å². The summed E-state index contributed by atoms with van der Waals surface area (Å²) in [5.74, 6) is 2.59. The Kier molecular flexibility index (Phi) is 5.53. The zero-order valence-electron chi connectivity index (χ0n) is 15.3. The number of hydrogen-bond donors (Lipinski definition) is 2. The fourth-order valence-corrected chi connectivity index (χ4v) is 2.66. The number of nitrogens with zero attached hydrogens (tertiary/aromatic N) is 2. The SMILES string of the molecule is CCOc1ccc(-c2n[nH]c([C@H](N)c3ccc(C)cc3)n2)cc1OCC. The minimum atomic E-state index is -0.356. The van der Waals surface area contributed by atoms with Gasteiger partial charge >= 0.3 is 0 Å². The third-order valence-corrected chi connectivity index (χ3v) is 4.04. The van der Waals surface area contributed by atoms with Crippen LogP contribution < -0.4 is 15.2 Å². The van der Waals surface area contributed by atoms with E-state index in [0.717, 1.165) is 11.1 Å². The Bertz CT molecular complexity index is 859. The fraction of sp³-hybridized carbons (Fsp3) is 0.300. The van der Waals surface area contributed by atoms with E-state index in [1.165, 1.54) is 5.56 Å². The molecule has 0 unspecified atom stereocenters. The maximum absolute atomic E-state index is 6.32. The van der Waals surface area contributed by atoms with E-state index in [-0.39, 0.29) is 6.04 Å². The molecule has 3 rings (SSSR count). The molecule has 6 heteroatoms. The van der Waals surface area contributed by atoms with Crippen LogP contribution in [0.1, 0.15) is 36.8 Å². The summed E-state index contributed by atoms with van der Waals surface area (Å²) in [5, 5.41) is 7.27. The number of aryl methyl sites for hydroxylation is 1. The number of nitrogens with one attached hydrogen (secondary N) is 1. The summed E-state index contributed by atoms with van der Waals surface area (Å²) >= 11 is 0. The van der Waals surface area contributed by atoms with E-state index in [4.69, 9.17) is 15.2 Å². The van der Waals surface area contributed by atoms with E-state index in [1.807, 2.05) is 63.2 Å². The number of benzene rings is 2. The molecule has 0 radical (unpaired) electrons. The molecule has 0 bridgehead atoms. The lowest BCUT2D eigenvalue weighted by atomic mass is 10.1. The van der Waals surface area contributed by atoms with E-state index >= 15 is 0 Å². The molecular formula is C20H24N4O2. The highest BCUT2D eigenvalue weighted by molar-refractivity contribution is 5.61. The highest BCUT2D eigenvalue weighted by Gasteiger charge is 2.16. The summed E-state index contributed by atoms with van der Waals surface area (Å²) in [6, 6.07) is 13.4. The number of H-pyrrole nitrogens is 1. The molecule has 0 fully saturated rings. The molecule has 1 atom stereocenters. The van der Waals surface area contributed by atoms with Crippen LogP contribution in [0.15, 0.2) is 42.5 Å². The van der Waals surface area contributed by atoms with Crippen molar-refractivity contribution in [1.82, 2.24) is 15.2 Å². The molecule has 3 N–H and O–H groups in total. The summed E-state index contributed by atoms with van der Waals surface area (Å²) in [5.41, 5.74) is 9.34. The van der Waals surface area contributed by atoms with Gasteiger partial charge in [-0.1, -0.05) is 29.8 Å². The van der Waals surface area contributed by atoms with Crippen LogP contribution >= 0.6 is 0 Å². The third-order valence-electron chi connectivity index (χ3n) is 4.04. The van der Waals surface area contributed by atoms with Gasteiger partial charge in [-0.2, -0.15) is 5.10 Å². The van der Waals surface area contributed by atoms with Crippen LogP contribution in [-0.4, -0.2) is 28.4 Å². The van der Waals surface area contributed by atoms with Crippen molar-refractivity contribution in [3.63, 3.8) is 0 Å². The maximum Gasteiger partial charge on any atom is 0.181 e. The second-order valence-corrected chi connectivity index (χ2v) is 5.96. The van der Waals surface area contributed by atoms with E-state index in [0.29, 0.717) is 36.4 Å². The quantitative estimate of drug-likeness (QED) is 0.678.